The number of aromatic nitrogens is 4. The fraction of sp³-hybridized carbons (Fsp3) is 0.500. The van der Waals surface area contributed by atoms with E-state index >= 15 is 0 Å². The Balaban J connectivity index is 1.35. The van der Waals surface area contributed by atoms with E-state index in [-0.39, 0.29) is 0 Å². The molecule has 0 N–H and O–H groups in total. The highest BCUT2D eigenvalue weighted by Gasteiger charge is 2.27. The van der Waals surface area contributed by atoms with Gasteiger partial charge in [-0.25, -0.2) is 18.4 Å². The summed E-state index contributed by atoms with van der Waals surface area (Å²) < 4.78 is 27.2. The number of sulfonamides is 1. The number of hydrogen-bond donors (Lipinski definition) is 0. The molecule has 3 aromatic heterocycles. The first-order valence-electron chi connectivity index (χ1n) is 11.1. The lowest BCUT2D eigenvalue weighted by atomic mass is 9.91. The Morgan fingerprint density at radius 2 is 1.94 bits per heavy atom. The van der Waals surface area contributed by atoms with E-state index in [0.29, 0.717) is 32.2 Å². The van der Waals surface area contributed by atoms with Gasteiger partial charge in [-0.05, 0) is 44.0 Å². The van der Waals surface area contributed by atoms with Crippen molar-refractivity contribution in [1.29, 1.82) is 0 Å². The molecule has 0 bridgehead atoms. The first-order chi connectivity index (χ1) is 15.4. The third kappa shape index (κ3) is 4.10. The van der Waals surface area contributed by atoms with Crippen LogP contribution in [0, 0.1) is 0 Å². The van der Waals surface area contributed by atoms with Crippen molar-refractivity contribution in [3.63, 3.8) is 0 Å². The zero-order valence-electron chi connectivity index (χ0n) is 18.6. The lowest BCUT2D eigenvalue weighted by molar-refractivity contribution is 0.206. The summed E-state index contributed by atoms with van der Waals surface area (Å²) in [5.41, 5.74) is 4.38. The van der Waals surface area contributed by atoms with Crippen LogP contribution in [0.1, 0.15) is 35.8 Å². The summed E-state index contributed by atoms with van der Waals surface area (Å²) in [6.45, 7) is 2.88. The van der Waals surface area contributed by atoms with E-state index in [2.05, 4.69) is 39.1 Å². The van der Waals surface area contributed by atoms with Gasteiger partial charge < -0.3 is 4.90 Å². The van der Waals surface area contributed by atoms with Gasteiger partial charge in [-0.1, -0.05) is 6.07 Å². The van der Waals surface area contributed by atoms with Crippen LogP contribution in [0.15, 0.2) is 36.8 Å². The van der Waals surface area contributed by atoms with Crippen molar-refractivity contribution >= 4 is 21.6 Å². The van der Waals surface area contributed by atoms with Gasteiger partial charge in [0.15, 0.2) is 0 Å². The molecule has 9 nitrogen and oxygen atoms in total. The van der Waals surface area contributed by atoms with Gasteiger partial charge in [-0.15, -0.1) is 0 Å². The third-order valence-corrected chi connectivity index (χ3v) is 7.81. The predicted molar refractivity (Wildman–Crippen MR) is 123 cm³/mol. The molecule has 3 aromatic rings. The Bertz CT molecular complexity index is 1220. The van der Waals surface area contributed by atoms with Crippen LogP contribution in [0.25, 0.3) is 5.65 Å². The molecule has 32 heavy (non-hydrogen) atoms. The number of nitrogens with zero attached hydrogens (tertiary/aromatic N) is 7. The third-order valence-electron chi connectivity index (χ3n) is 6.51. The summed E-state index contributed by atoms with van der Waals surface area (Å²) in [4.78, 5) is 18.6. The first-order valence-corrected chi connectivity index (χ1v) is 12.9. The van der Waals surface area contributed by atoms with E-state index < -0.39 is 10.0 Å². The number of hydrogen-bond acceptors (Lipinski definition) is 7. The lowest BCUT2D eigenvalue weighted by Crippen LogP contribution is -2.49. The van der Waals surface area contributed by atoms with Gasteiger partial charge in [0, 0.05) is 51.3 Å². The molecule has 0 aromatic carbocycles. The molecule has 1 fully saturated rings. The van der Waals surface area contributed by atoms with Crippen molar-refractivity contribution in [1.82, 2.24) is 28.6 Å². The highest BCUT2D eigenvalue weighted by atomic mass is 32.2. The lowest BCUT2D eigenvalue weighted by Gasteiger charge is -2.33. The molecule has 2 aliphatic rings. The average Bonchev–Trinajstić information content (AvgIpc) is 3.20. The molecule has 0 spiro atoms. The van der Waals surface area contributed by atoms with Gasteiger partial charge in [-0.3, -0.25) is 14.3 Å². The molecule has 0 amide bonds. The second kappa shape index (κ2) is 8.42. The normalized spacial score (nSPS) is 20.1. The van der Waals surface area contributed by atoms with Crippen LogP contribution in [-0.2, 0) is 23.0 Å². The molecule has 1 aliphatic carbocycles. The zero-order chi connectivity index (χ0) is 22.3. The van der Waals surface area contributed by atoms with Gasteiger partial charge in [0.25, 0.3) is 0 Å². The fourth-order valence-electron chi connectivity index (χ4n) is 4.87. The highest BCUT2D eigenvalue weighted by molar-refractivity contribution is 7.88. The maximum absolute atomic E-state index is 11.8. The maximum atomic E-state index is 11.8. The topological polar surface area (TPSA) is 86.9 Å². The number of rotatable bonds is 5. The predicted octanol–water partition coefficient (Wildman–Crippen LogP) is 1.72. The standard InChI is InChI=1S/C22H29N7O2S/c1-26(19-7-3-5-17-6-4-9-23-21(17)19)15-18-16-29-20(25-18)8-10-24-22(29)27-11-13-28(14-12-27)32(2,30)31/h4,6,8-10,16,19H,3,5,7,11-15H2,1-2H3. The Labute approximate surface area is 188 Å². The maximum Gasteiger partial charge on any atom is 0.211 e. The minimum atomic E-state index is -3.16. The van der Waals surface area contributed by atoms with E-state index in [1.807, 2.05) is 22.7 Å². The van der Waals surface area contributed by atoms with Gasteiger partial charge in [0.1, 0.15) is 5.65 Å². The minimum Gasteiger partial charge on any atom is -0.339 e. The van der Waals surface area contributed by atoms with Crippen LogP contribution in [0.4, 0.5) is 5.95 Å². The van der Waals surface area contributed by atoms with Gasteiger partial charge >= 0.3 is 0 Å². The Morgan fingerprint density at radius 1 is 1.12 bits per heavy atom. The first kappa shape index (κ1) is 21.3. The fourth-order valence-corrected chi connectivity index (χ4v) is 5.69. The molecule has 1 saturated heterocycles. The van der Waals surface area contributed by atoms with E-state index in [0.717, 1.165) is 36.7 Å². The van der Waals surface area contributed by atoms with Crippen LogP contribution in [0.2, 0.25) is 0 Å². The van der Waals surface area contributed by atoms with E-state index in [1.54, 1.807) is 6.20 Å². The monoisotopic (exact) mass is 455 g/mol. The Kier molecular flexibility index (Phi) is 5.60. The summed E-state index contributed by atoms with van der Waals surface area (Å²) in [5, 5.41) is 0. The van der Waals surface area contributed by atoms with Crippen LogP contribution in [0.3, 0.4) is 0 Å². The number of imidazole rings is 1. The van der Waals surface area contributed by atoms with Gasteiger partial charge in [-0.2, -0.15) is 4.31 Å². The molecule has 5 rings (SSSR count). The van der Waals surface area contributed by atoms with Crippen molar-refractivity contribution in [2.75, 3.05) is 44.4 Å². The molecule has 170 valence electrons. The number of pyridine rings is 1. The van der Waals surface area contributed by atoms with Crippen molar-refractivity contribution < 1.29 is 8.42 Å². The van der Waals surface area contributed by atoms with Crippen molar-refractivity contribution in [2.24, 2.45) is 0 Å². The molecular formula is C22H29N7O2S. The quantitative estimate of drug-likeness (QED) is 0.579. The number of anilines is 1. The van der Waals surface area contributed by atoms with Crippen molar-refractivity contribution in [3.8, 4) is 0 Å². The van der Waals surface area contributed by atoms with Crippen LogP contribution < -0.4 is 4.90 Å². The van der Waals surface area contributed by atoms with E-state index in [4.69, 9.17) is 4.98 Å². The van der Waals surface area contributed by atoms with Gasteiger partial charge in [0.2, 0.25) is 16.0 Å². The summed E-state index contributed by atoms with van der Waals surface area (Å²) in [6, 6.07) is 6.42. The van der Waals surface area contributed by atoms with Crippen molar-refractivity contribution in [3.05, 3.63) is 53.7 Å². The largest absolute Gasteiger partial charge is 0.339 e. The van der Waals surface area contributed by atoms with E-state index in [9.17, 15) is 8.42 Å². The van der Waals surface area contributed by atoms with Gasteiger partial charge in [0.05, 0.1) is 23.7 Å². The molecule has 0 saturated carbocycles. The van der Waals surface area contributed by atoms with Crippen LogP contribution in [-0.4, -0.2) is 76.5 Å². The molecule has 4 heterocycles. The molecule has 1 atom stereocenters. The molecular weight excluding hydrogens is 426 g/mol. The minimum absolute atomic E-state index is 0.298. The summed E-state index contributed by atoms with van der Waals surface area (Å²) >= 11 is 0. The molecule has 10 heteroatoms. The van der Waals surface area contributed by atoms with E-state index in [1.165, 1.54) is 28.2 Å². The SMILES string of the molecule is CN(Cc1cn2c(N3CCN(S(C)(=O)=O)CC3)nccc2n1)C1CCCc2cccnc21. The van der Waals surface area contributed by atoms with Crippen LogP contribution >= 0.6 is 0 Å². The Hall–Kier alpha value is -2.56. The summed E-state index contributed by atoms with van der Waals surface area (Å²) in [6.07, 6.45) is 10.4. The highest BCUT2D eigenvalue weighted by Crippen LogP contribution is 2.32. The molecule has 1 unspecified atom stereocenters. The summed E-state index contributed by atoms with van der Waals surface area (Å²) in [5.74, 6) is 0.807. The van der Waals surface area contributed by atoms with Crippen LogP contribution in [0.5, 0.6) is 0 Å². The van der Waals surface area contributed by atoms with Crippen molar-refractivity contribution in [2.45, 2.75) is 31.8 Å². The molecule has 1 aliphatic heterocycles. The Morgan fingerprint density at radius 3 is 2.72 bits per heavy atom. The molecule has 0 radical (unpaired) electrons. The number of fused-ring (bicyclic) bond motifs is 2. The number of aryl methyl sites for hydroxylation is 1. The second-order valence-electron chi connectivity index (χ2n) is 8.73. The zero-order valence-corrected chi connectivity index (χ0v) is 19.4. The average molecular weight is 456 g/mol. The smallest absolute Gasteiger partial charge is 0.211 e. The second-order valence-corrected chi connectivity index (χ2v) is 10.7. The number of piperazine rings is 1. The summed E-state index contributed by atoms with van der Waals surface area (Å²) in [7, 11) is -1.02.